The Kier molecular flexibility index (Phi) is 5.90. The lowest BCUT2D eigenvalue weighted by atomic mass is 10.1. The van der Waals surface area contributed by atoms with Crippen LogP contribution in [-0.2, 0) is 4.74 Å². The van der Waals surface area contributed by atoms with E-state index in [1.807, 2.05) is 56.3 Å². The number of aryl methyl sites for hydroxylation is 2. The Bertz CT molecular complexity index is 1130. The standard InChI is InChI=1S/C22H21N3O3S2/c1-13-20(29-14(2)23-13)21(26)24-15-8-9-17-19(12-15)30-18-7-5-4-6-16(18)22(27)25(17)10-11-28-3/h4-9,12H,10-11H2,1-3H3,(H,24,26). The Balaban J connectivity index is 1.69. The molecule has 2 aromatic carbocycles. The third-order valence-corrected chi connectivity index (χ3v) is 6.91. The number of nitrogens with one attached hydrogen (secondary N) is 1. The first kappa shape index (κ1) is 20.6. The van der Waals surface area contributed by atoms with E-state index >= 15 is 0 Å². The SMILES string of the molecule is COCCN1C(=O)c2ccccc2Sc2cc(NC(=O)c3sc(C)nc3C)ccc21. The summed E-state index contributed by atoms with van der Waals surface area (Å²) in [6, 6.07) is 13.2. The molecule has 3 aromatic rings. The van der Waals surface area contributed by atoms with Gasteiger partial charge in [-0.3, -0.25) is 9.59 Å². The van der Waals surface area contributed by atoms with E-state index in [4.69, 9.17) is 4.74 Å². The number of anilines is 2. The van der Waals surface area contributed by atoms with Crippen molar-refractivity contribution < 1.29 is 14.3 Å². The van der Waals surface area contributed by atoms with Crippen LogP contribution in [0, 0.1) is 13.8 Å². The summed E-state index contributed by atoms with van der Waals surface area (Å²) < 4.78 is 5.21. The number of ether oxygens (including phenoxy) is 1. The molecule has 2 amide bonds. The minimum absolute atomic E-state index is 0.0542. The topological polar surface area (TPSA) is 71.5 Å². The summed E-state index contributed by atoms with van der Waals surface area (Å²) in [5.41, 5.74) is 2.87. The van der Waals surface area contributed by atoms with E-state index < -0.39 is 0 Å². The molecule has 0 spiro atoms. The Morgan fingerprint density at radius 1 is 1.17 bits per heavy atom. The Morgan fingerprint density at radius 2 is 1.97 bits per heavy atom. The number of amides is 2. The Morgan fingerprint density at radius 3 is 2.70 bits per heavy atom. The molecular weight excluding hydrogens is 418 g/mol. The van der Waals surface area contributed by atoms with Gasteiger partial charge in [0.2, 0.25) is 0 Å². The molecule has 30 heavy (non-hydrogen) atoms. The largest absolute Gasteiger partial charge is 0.383 e. The summed E-state index contributed by atoms with van der Waals surface area (Å²) in [7, 11) is 1.62. The summed E-state index contributed by atoms with van der Waals surface area (Å²) in [4.78, 5) is 34.3. The number of thiazole rings is 1. The van der Waals surface area contributed by atoms with Gasteiger partial charge in [0.25, 0.3) is 11.8 Å². The first-order valence-electron chi connectivity index (χ1n) is 9.45. The number of benzene rings is 2. The summed E-state index contributed by atoms with van der Waals surface area (Å²) in [5, 5.41) is 3.83. The molecule has 0 aliphatic carbocycles. The minimum atomic E-state index is -0.176. The third kappa shape index (κ3) is 3.98. The summed E-state index contributed by atoms with van der Waals surface area (Å²) in [6.07, 6.45) is 0. The number of methoxy groups -OCH3 is 1. The minimum Gasteiger partial charge on any atom is -0.383 e. The van der Waals surface area contributed by atoms with Crippen LogP contribution in [0.15, 0.2) is 52.3 Å². The summed E-state index contributed by atoms with van der Waals surface area (Å²) >= 11 is 2.90. The zero-order chi connectivity index (χ0) is 21.3. The van der Waals surface area contributed by atoms with Gasteiger partial charge >= 0.3 is 0 Å². The van der Waals surface area contributed by atoms with Gasteiger partial charge in [-0.2, -0.15) is 0 Å². The first-order valence-corrected chi connectivity index (χ1v) is 11.1. The van der Waals surface area contributed by atoms with Gasteiger partial charge in [0.05, 0.1) is 28.6 Å². The monoisotopic (exact) mass is 439 g/mol. The Hall–Kier alpha value is -2.68. The lowest BCUT2D eigenvalue weighted by Crippen LogP contribution is -2.33. The van der Waals surface area contributed by atoms with Gasteiger partial charge in [0.15, 0.2) is 0 Å². The lowest BCUT2D eigenvalue weighted by molar-refractivity contribution is 0.0972. The highest BCUT2D eigenvalue weighted by Crippen LogP contribution is 2.42. The number of carbonyl (C=O) groups is 2. The molecule has 1 aliphatic heterocycles. The molecule has 1 aromatic heterocycles. The zero-order valence-corrected chi connectivity index (χ0v) is 18.5. The molecule has 1 aliphatic rings. The molecule has 0 fully saturated rings. The number of hydrogen-bond donors (Lipinski definition) is 1. The van der Waals surface area contributed by atoms with Crippen molar-refractivity contribution in [1.29, 1.82) is 0 Å². The van der Waals surface area contributed by atoms with Crippen molar-refractivity contribution in [2.24, 2.45) is 0 Å². The molecule has 6 nitrogen and oxygen atoms in total. The smallest absolute Gasteiger partial charge is 0.267 e. The quantitative estimate of drug-likeness (QED) is 0.620. The van der Waals surface area contributed by atoms with Gasteiger partial charge in [-0.15, -0.1) is 11.3 Å². The van der Waals surface area contributed by atoms with Crippen molar-refractivity contribution in [1.82, 2.24) is 4.98 Å². The van der Waals surface area contributed by atoms with Crippen molar-refractivity contribution in [3.05, 3.63) is 63.6 Å². The average molecular weight is 440 g/mol. The van der Waals surface area contributed by atoms with Crippen molar-refractivity contribution in [3.8, 4) is 0 Å². The van der Waals surface area contributed by atoms with Gasteiger partial charge in [0, 0.05) is 29.1 Å². The van der Waals surface area contributed by atoms with Gasteiger partial charge in [-0.25, -0.2) is 4.98 Å². The fraction of sp³-hybridized carbons (Fsp3) is 0.227. The molecule has 0 bridgehead atoms. The maximum Gasteiger partial charge on any atom is 0.267 e. The fourth-order valence-corrected chi connectivity index (χ4v) is 5.27. The number of hydrogen-bond acceptors (Lipinski definition) is 6. The number of fused-ring (bicyclic) bond motifs is 2. The van der Waals surface area contributed by atoms with E-state index in [1.54, 1.807) is 12.0 Å². The molecule has 0 atom stereocenters. The molecule has 0 saturated carbocycles. The van der Waals surface area contributed by atoms with Crippen LogP contribution in [0.3, 0.4) is 0 Å². The van der Waals surface area contributed by atoms with Gasteiger partial charge < -0.3 is 15.0 Å². The van der Waals surface area contributed by atoms with E-state index in [0.717, 1.165) is 26.2 Å². The van der Waals surface area contributed by atoms with E-state index in [9.17, 15) is 9.59 Å². The number of rotatable bonds is 5. The van der Waals surface area contributed by atoms with Crippen LogP contribution in [0.25, 0.3) is 0 Å². The second-order valence-corrected chi connectivity index (χ2v) is 9.12. The van der Waals surface area contributed by atoms with Crippen LogP contribution in [0.5, 0.6) is 0 Å². The van der Waals surface area contributed by atoms with E-state index in [0.29, 0.717) is 29.3 Å². The second kappa shape index (κ2) is 8.59. The first-order chi connectivity index (χ1) is 14.5. The number of aromatic nitrogens is 1. The summed E-state index contributed by atoms with van der Waals surface area (Å²) in [5.74, 6) is -0.231. The van der Waals surface area contributed by atoms with Crippen LogP contribution in [-0.4, -0.2) is 37.1 Å². The molecule has 0 unspecified atom stereocenters. The van der Waals surface area contributed by atoms with Gasteiger partial charge in [-0.1, -0.05) is 23.9 Å². The normalized spacial score (nSPS) is 12.9. The van der Waals surface area contributed by atoms with Crippen molar-refractivity contribution in [2.45, 2.75) is 23.6 Å². The molecular formula is C22H21N3O3S2. The van der Waals surface area contributed by atoms with E-state index in [1.165, 1.54) is 23.1 Å². The van der Waals surface area contributed by atoms with Crippen LogP contribution in [0.1, 0.15) is 30.7 Å². The lowest BCUT2D eigenvalue weighted by Gasteiger charge is -2.23. The van der Waals surface area contributed by atoms with Crippen LogP contribution >= 0.6 is 23.1 Å². The molecule has 8 heteroatoms. The Labute approximate surface area is 183 Å². The van der Waals surface area contributed by atoms with Crippen LogP contribution < -0.4 is 10.2 Å². The average Bonchev–Trinajstić information content (AvgIpc) is 3.02. The highest BCUT2D eigenvalue weighted by atomic mass is 32.2. The molecule has 154 valence electrons. The number of carbonyl (C=O) groups excluding carboxylic acids is 2. The molecule has 4 rings (SSSR count). The highest BCUT2D eigenvalue weighted by molar-refractivity contribution is 7.99. The number of nitrogens with zero attached hydrogens (tertiary/aromatic N) is 2. The maximum absolute atomic E-state index is 13.2. The zero-order valence-electron chi connectivity index (χ0n) is 16.9. The van der Waals surface area contributed by atoms with E-state index in [2.05, 4.69) is 10.3 Å². The van der Waals surface area contributed by atoms with Gasteiger partial charge in [0.1, 0.15) is 4.88 Å². The van der Waals surface area contributed by atoms with Crippen LogP contribution in [0.4, 0.5) is 11.4 Å². The van der Waals surface area contributed by atoms with Crippen molar-refractivity contribution >= 4 is 46.3 Å². The van der Waals surface area contributed by atoms with E-state index in [-0.39, 0.29) is 11.8 Å². The molecule has 2 heterocycles. The van der Waals surface area contributed by atoms with Crippen molar-refractivity contribution in [3.63, 3.8) is 0 Å². The van der Waals surface area contributed by atoms with Crippen molar-refractivity contribution in [2.75, 3.05) is 30.5 Å². The second-order valence-electron chi connectivity index (χ2n) is 6.83. The third-order valence-electron chi connectivity index (χ3n) is 4.72. The molecule has 1 N–H and O–H groups in total. The maximum atomic E-state index is 13.2. The molecule has 0 radical (unpaired) electrons. The summed E-state index contributed by atoms with van der Waals surface area (Å²) in [6.45, 7) is 4.60. The van der Waals surface area contributed by atoms with Crippen LogP contribution in [0.2, 0.25) is 0 Å². The predicted molar refractivity (Wildman–Crippen MR) is 120 cm³/mol. The predicted octanol–water partition coefficient (Wildman–Crippen LogP) is 4.77. The highest BCUT2D eigenvalue weighted by Gasteiger charge is 2.27. The fourth-order valence-electron chi connectivity index (χ4n) is 3.34. The molecule has 0 saturated heterocycles. The van der Waals surface area contributed by atoms with Gasteiger partial charge in [-0.05, 0) is 44.2 Å².